The van der Waals surface area contributed by atoms with Crippen LogP contribution in [0.3, 0.4) is 0 Å². The lowest BCUT2D eigenvalue weighted by atomic mass is 10.1. The number of hydrogen-bond acceptors (Lipinski definition) is 2. The van der Waals surface area contributed by atoms with Crippen LogP contribution in [-0.2, 0) is 4.79 Å². The van der Waals surface area contributed by atoms with Gasteiger partial charge in [0.25, 0.3) is 0 Å². The summed E-state index contributed by atoms with van der Waals surface area (Å²) in [4.78, 5) is 13.1. The topological polar surface area (TPSA) is 46.3 Å². The van der Waals surface area contributed by atoms with E-state index in [-0.39, 0.29) is 5.91 Å². The zero-order valence-corrected chi connectivity index (χ0v) is 8.88. The molecule has 0 unspecified atom stereocenters. The van der Waals surface area contributed by atoms with Gasteiger partial charge in [-0.1, -0.05) is 26.2 Å². The van der Waals surface area contributed by atoms with Crippen molar-refractivity contribution in [1.82, 2.24) is 4.90 Å². The Morgan fingerprint density at radius 2 is 2.00 bits per heavy atom. The van der Waals surface area contributed by atoms with Gasteiger partial charge in [-0.2, -0.15) is 0 Å². The third-order valence-corrected chi connectivity index (χ3v) is 2.13. The van der Waals surface area contributed by atoms with Crippen LogP contribution < -0.4 is 5.73 Å². The molecule has 0 rings (SSSR count). The van der Waals surface area contributed by atoms with Gasteiger partial charge in [0.15, 0.2) is 0 Å². The molecule has 0 aliphatic rings. The van der Waals surface area contributed by atoms with Crippen molar-refractivity contribution >= 4 is 5.91 Å². The van der Waals surface area contributed by atoms with Crippen LogP contribution in [0.25, 0.3) is 0 Å². The third kappa shape index (κ3) is 6.58. The van der Waals surface area contributed by atoms with E-state index in [1.807, 2.05) is 7.05 Å². The fraction of sp³-hybridized carbons (Fsp3) is 0.900. The average molecular weight is 186 g/mol. The first-order valence-electron chi connectivity index (χ1n) is 5.16. The van der Waals surface area contributed by atoms with Gasteiger partial charge < -0.3 is 10.6 Å². The van der Waals surface area contributed by atoms with Crippen LogP contribution in [0.2, 0.25) is 0 Å². The highest BCUT2D eigenvalue weighted by molar-refractivity contribution is 5.75. The smallest absolute Gasteiger partial charge is 0.222 e. The maximum absolute atomic E-state index is 11.4. The van der Waals surface area contributed by atoms with Crippen molar-refractivity contribution in [2.24, 2.45) is 5.73 Å². The predicted octanol–water partition coefficient (Wildman–Crippen LogP) is 1.37. The third-order valence-electron chi connectivity index (χ3n) is 2.13. The zero-order chi connectivity index (χ0) is 10.1. The number of nitrogens with two attached hydrogens (primary N) is 1. The van der Waals surface area contributed by atoms with Crippen molar-refractivity contribution in [3.05, 3.63) is 0 Å². The van der Waals surface area contributed by atoms with Crippen molar-refractivity contribution < 1.29 is 4.79 Å². The molecule has 0 aliphatic carbocycles. The number of rotatable bonds is 7. The maximum atomic E-state index is 11.4. The van der Waals surface area contributed by atoms with E-state index in [0.717, 1.165) is 6.42 Å². The second kappa shape index (κ2) is 8.05. The molecule has 0 bridgehead atoms. The van der Waals surface area contributed by atoms with Crippen LogP contribution in [0.5, 0.6) is 0 Å². The Morgan fingerprint density at radius 1 is 1.31 bits per heavy atom. The number of likely N-dealkylation sites (N-methyl/N-ethyl adjacent to an activating group) is 1. The Morgan fingerprint density at radius 3 is 2.54 bits per heavy atom. The minimum atomic E-state index is 0.224. The Hall–Kier alpha value is -0.570. The molecule has 3 heteroatoms. The summed E-state index contributed by atoms with van der Waals surface area (Å²) in [5.41, 5.74) is 5.35. The van der Waals surface area contributed by atoms with Crippen LogP contribution >= 0.6 is 0 Å². The summed E-state index contributed by atoms with van der Waals surface area (Å²) in [6.45, 7) is 3.40. The number of hydrogen-bond donors (Lipinski definition) is 1. The van der Waals surface area contributed by atoms with Crippen molar-refractivity contribution in [3.63, 3.8) is 0 Å². The summed E-state index contributed by atoms with van der Waals surface area (Å²) in [6.07, 6.45) is 5.30. The molecule has 0 saturated carbocycles. The van der Waals surface area contributed by atoms with Crippen molar-refractivity contribution in [2.45, 2.75) is 39.0 Å². The van der Waals surface area contributed by atoms with Gasteiger partial charge >= 0.3 is 0 Å². The average Bonchev–Trinajstić information content (AvgIpc) is 2.12. The van der Waals surface area contributed by atoms with Crippen LogP contribution in [-0.4, -0.2) is 30.9 Å². The molecule has 0 saturated heterocycles. The van der Waals surface area contributed by atoms with Crippen LogP contribution in [0.1, 0.15) is 39.0 Å². The molecule has 78 valence electrons. The van der Waals surface area contributed by atoms with Gasteiger partial charge in [-0.15, -0.1) is 0 Å². The number of carbonyl (C=O) groups excluding carboxylic acids is 1. The molecule has 0 aromatic heterocycles. The van der Waals surface area contributed by atoms with Gasteiger partial charge in [-0.3, -0.25) is 4.79 Å². The Bertz CT molecular complexity index is 137. The number of carbonyl (C=O) groups is 1. The molecular weight excluding hydrogens is 164 g/mol. The van der Waals surface area contributed by atoms with Gasteiger partial charge in [-0.25, -0.2) is 0 Å². The molecule has 1 amide bonds. The number of amides is 1. The molecule has 3 nitrogen and oxygen atoms in total. The van der Waals surface area contributed by atoms with Gasteiger partial charge in [-0.05, 0) is 6.42 Å². The zero-order valence-electron chi connectivity index (χ0n) is 8.88. The van der Waals surface area contributed by atoms with Crippen LogP contribution in [0.15, 0.2) is 0 Å². The van der Waals surface area contributed by atoms with E-state index in [9.17, 15) is 4.79 Å². The van der Waals surface area contributed by atoms with Gasteiger partial charge in [0.1, 0.15) is 0 Å². The second-order valence-electron chi connectivity index (χ2n) is 3.41. The van der Waals surface area contributed by atoms with Crippen LogP contribution in [0.4, 0.5) is 0 Å². The summed E-state index contributed by atoms with van der Waals surface area (Å²) in [5.74, 6) is 0.224. The normalized spacial score (nSPS) is 10.1. The quantitative estimate of drug-likeness (QED) is 0.610. The van der Waals surface area contributed by atoms with Gasteiger partial charge in [0.05, 0.1) is 0 Å². The highest BCUT2D eigenvalue weighted by Gasteiger charge is 2.05. The van der Waals surface area contributed by atoms with Crippen LogP contribution in [0, 0.1) is 0 Å². The fourth-order valence-electron chi connectivity index (χ4n) is 1.21. The molecular formula is C10H22N2O. The Balaban J connectivity index is 3.38. The molecule has 13 heavy (non-hydrogen) atoms. The number of nitrogens with zero attached hydrogens (tertiary/aromatic N) is 1. The van der Waals surface area contributed by atoms with E-state index in [1.54, 1.807) is 4.90 Å². The molecule has 0 aliphatic heterocycles. The summed E-state index contributed by atoms with van der Waals surface area (Å²) >= 11 is 0. The van der Waals surface area contributed by atoms with Crippen molar-refractivity contribution in [2.75, 3.05) is 20.1 Å². The van der Waals surface area contributed by atoms with Gasteiger partial charge in [0, 0.05) is 26.6 Å². The minimum Gasteiger partial charge on any atom is -0.344 e. The van der Waals surface area contributed by atoms with E-state index in [1.165, 1.54) is 19.3 Å². The lowest BCUT2D eigenvalue weighted by Crippen LogP contribution is -2.31. The monoisotopic (exact) mass is 186 g/mol. The molecule has 0 radical (unpaired) electrons. The van der Waals surface area contributed by atoms with E-state index in [0.29, 0.717) is 19.5 Å². The second-order valence-corrected chi connectivity index (χ2v) is 3.41. The Kier molecular flexibility index (Phi) is 7.69. The van der Waals surface area contributed by atoms with E-state index in [2.05, 4.69) is 6.92 Å². The van der Waals surface area contributed by atoms with E-state index in [4.69, 9.17) is 5.73 Å². The van der Waals surface area contributed by atoms with Gasteiger partial charge in [0.2, 0.25) is 5.91 Å². The first kappa shape index (κ1) is 12.4. The lowest BCUT2D eigenvalue weighted by molar-refractivity contribution is -0.129. The standard InChI is InChI=1S/C10H22N2O/c1-3-4-5-6-7-10(13)12(2)9-8-11/h3-9,11H2,1-2H3. The minimum absolute atomic E-state index is 0.224. The molecule has 0 fully saturated rings. The molecule has 0 aromatic rings. The van der Waals surface area contributed by atoms with Crippen molar-refractivity contribution in [1.29, 1.82) is 0 Å². The first-order chi connectivity index (χ1) is 6.22. The molecule has 0 atom stereocenters. The molecule has 0 spiro atoms. The summed E-state index contributed by atoms with van der Waals surface area (Å²) in [6, 6.07) is 0. The van der Waals surface area contributed by atoms with E-state index >= 15 is 0 Å². The summed E-state index contributed by atoms with van der Waals surface area (Å²) < 4.78 is 0. The van der Waals surface area contributed by atoms with E-state index < -0.39 is 0 Å². The summed E-state index contributed by atoms with van der Waals surface area (Å²) in [5, 5.41) is 0. The highest BCUT2D eigenvalue weighted by atomic mass is 16.2. The fourth-order valence-corrected chi connectivity index (χ4v) is 1.21. The summed E-state index contributed by atoms with van der Waals surface area (Å²) in [7, 11) is 1.81. The highest BCUT2D eigenvalue weighted by Crippen LogP contribution is 2.03. The lowest BCUT2D eigenvalue weighted by Gasteiger charge is -2.15. The largest absolute Gasteiger partial charge is 0.344 e. The Labute approximate surface area is 81.3 Å². The predicted molar refractivity (Wildman–Crippen MR) is 55.5 cm³/mol. The molecule has 0 aromatic carbocycles. The molecule has 2 N–H and O–H groups in total. The maximum Gasteiger partial charge on any atom is 0.222 e. The molecule has 0 heterocycles. The SMILES string of the molecule is CCCCCCC(=O)N(C)CCN. The van der Waals surface area contributed by atoms with Crippen molar-refractivity contribution in [3.8, 4) is 0 Å². The number of unbranched alkanes of at least 4 members (excludes halogenated alkanes) is 3. The first-order valence-corrected chi connectivity index (χ1v) is 5.16.